The van der Waals surface area contributed by atoms with Crippen LogP contribution < -0.4 is 0 Å². The van der Waals surface area contributed by atoms with Crippen molar-refractivity contribution in [3.8, 4) is 11.3 Å². The highest BCUT2D eigenvalue weighted by molar-refractivity contribution is 5.89. The lowest BCUT2D eigenvalue weighted by molar-refractivity contribution is -0.147. The predicted molar refractivity (Wildman–Crippen MR) is 197 cm³/mol. The summed E-state index contributed by atoms with van der Waals surface area (Å²) in [6.45, 7) is 12.8. The summed E-state index contributed by atoms with van der Waals surface area (Å²) in [5.74, 6) is -1.51. The molecule has 0 bridgehead atoms. The van der Waals surface area contributed by atoms with Gasteiger partial charge in [-0.05, 0) is 46.2 Å². The third-order valence-electron chi connectivity index (χ3n) is 9.39. The van der Waals surface area contributed by atoms with E-state index in [1.807, 2.05) is 46.0 Å². The fraction of sp³-hybridized carbons (Fsp3) is 0.775. The van der Waals surface area contributed by atoms with E-state index < -0.39 is 11.6 Å². The molecule has 0 amide bonds. The average molecular weight is 716 g/mol. The van der Waals surface area contributed by atoms with Crippen LogP contribution in [0.3, 0.4) is 0 Å². The number of hydrogen-bond acceptors (Lipinski definition) is 10. The summed E-state index contributed by atoms with van der Waals surface area (Å²) in [5.41, 5.74) is 2.06. The lowest BCUT2D eigenvalue weighted by atomic mass is 10.0. The van der Waals surface area contributed by atoms with Gasteiger partial charge in [-0.15, -0.1) is 5.10 Å². The van der Waals surface area contributed by atoms with E-state index in [9.17, 15) is 4.79 Å². The third kappa shape index (κ3) is 15.6. The molecule has 11 nitrogen and oxygen atoms in total. The molecule has 0 spiro atoms. The van der Waals surface area contributed by atoms with Gasteiger partial charge in [0, 0.05) is 5.56 Å². The molecule has 4 rings (SSSR count). The van der Waals surface area contributed by atoms with Crippen LogP contribution in [0.25, 0.3) is 11.3 Å². The Kier molecular flexibility index (Phi) is 17.8. The first-order valence-corrected chi connectivity index (χ1v) is 19.6. The summed E-state index contributed by atoms with van der Waals surface area (Å²) >= 11 is 0. The molecule has 3 heterocycles. The largest absolute Gasteiger partial charge is 0.462 e. The van der Waals surface area contributed by atoms with Crippen LogP contribution in [0.15, 0.2) is 30.5 Å². The quantitative estimate of drug-likeness (QED) is 0.0695. The molecule has 1 aromatic heterocycles. The molecule has 2 aromatic rings. The minimum absolute atomic E-state index is 0.136. The highest BCUT2D eigenvalue weighted by atomic mass is 16.8. The lowest BCUT2D eigenvalue weighted by Crippen LogP contribution is -2.29. The lowest BCUT2D eigenvalue weighted by Gasteiger charge is -2.21. The summed E-state index contributed by atoms with van der Waals surface area (Å²) in [6.07, 6.45) is 19.8. The first kappa shape index (κ1) is 41.3. The summed E-state index contributed by atoms with van der Waals surface area (Å²) in [4.78, 5) is 12.7. The Morgan fingerprint density at radius 2 is 1.25 bits per heavy atom. The van der Waals surface area contributed by atoms with Gasteiger partial charge in [0.25, 0.3) is 0 Å². The zero-order chi connectivity index (χ0) is 36.4. The maximum absolute atomic E-state index is 12.7. The molecule has 0 aliphatic carbocycles. The molecule has 2 atom stereocenters. The van der Waals surface area contributed by atoms with Crippen molar-refractivity contribution in [2.75, 3.05) is 46.2 Å². The number of nitrogens with zero attached hydrogens (tertiary/aromatic N) is 3. The second kappa shape index (κ2) is 22.0. The van der Waals surface area contributed by atoms with Crippen molar-refractivity contribution < 1.29 is 38.0 Å². The van der Waals surface area contributed by atoms with Crippen LogP contribution in [-0.2, 0) is 33.2 Å². The summed E-state index contributed by atoms with van der Waals surface area (Å²) in [6, 6.07) is 7.07. The number of rotatable bonds is 26. The maximum atomic E-state index is 12.7. The fourth-order valence-electron chi connectivity index (χ4n) is 6.47. The number of aromatic nitrogens is 3. The Labute approximate surface area is 306 Å². The first-order chi connectivity index (χ1) is 24.6. The number of hydrogen-bond donors (Lipinski definition) is 0. The van der Waals surface area contributed by atoms with E-state index >= 15 is 0 Å². The minimum Gasteiger partial charge on any atom is -0.462 e. The summed E-state index contributed by atoms with van der Waals surface area (Å²) in [5, 5.41) is 8.81. The molecule has 0 N–H and O–H groups in total. The van der Waals surface area contributed by atoms with Crippen molar-refractivity contribution in [1.29, 1.82) is 0 Å². The molecule has 2 saturated heterocycles. The molecule has 0 radical (unpaired) electrons. The molecule has 2 unspecified atom stereocenters. The van der Waals surface area contributed by atoms with Crippen molar-refractivity contribution in [2.45, 2.75) is 154 Å². The first-order valence-electron chi connectivity index (χ1n) is 19.6. The number of unbranched alkanes of at least 4 members (excludes halogenated alkanes) is 13. The average Bonchev–Trinajstić information content (AvgIpc) is 3.83. The van der Waals surface area contributed by atoms with Gasteiger partial charge in [0.2, 0.25) is 0 Å². The Morgan fingerprint density at radius 1 is 0.765 bits per heavy atom. The van der Waals surface area contributed by atoms with Gasteiger partial charge in [0.15, 0.2) is 11.6 Å². The Hall–Kier alpha value is -2.41. The van der Waals surface area contributed by atoms with Crippen molar-refractivity contribution >= 4 is 5.97 Å². The Bertz CT molecular complexity index is 1220. The Balaban J connectivity index is 1.15. The van der Waals surface area contributed by atoms with E-state index in [0.717, 1.165) is 18.4 Å². The molecular weight excluding hydrogens is 650 g/mol. The fourth-order valence-corrected chi connectivity index (χ4v) is 6.47. The van der Waals surface area contributed by atoms with Crippen LogP contribution in [-0.4, -0.2) is 91.0 Å². The second-order valence-corrected chi connectivity index (χ2v) is 15.0. The van der Waals surface area contributed by atoms with Gasteiger partial charge in [-0.25, -0.2) is 9.48 Å². The van der Waals surface area contributed by atoms with Crippen LogP contribution >= 0.6 is 0 Å². The summed E-state index contributed by atoms with van der Waals surface area (Å²) in [7, 11) is 0. The van der Waals surface area contributed by atoms with Gasteiger partial charge < -0.3 is 33.2 Å². The molecule has 2 aliphatic heterocycles. The third-order valence-corrected chi connectivity index (χ3v) is 9.39. The topological polar surface area (TPSA) is 112 Å². The Morgan fingerprint density at radius 3 is 1.73 bits per heavy atom. The van der Waals surface area contributed by atoms with Gasteiger partial charge in [-0.1, -0.05) is 108 Å². The predicted octanol–water partition coefficient (Wildman–Crippen LogP) is 8.46. The van der Waals surface area contributed by atoms with Gasteiger partial charge in [0.05, 0.1) is 58.0 Å². The van der Waals surface area contributed by atoms with E-state index in [4.69, 9.17) is 33.2 Å². The number of carbonyl (C=O) groups excluding carboxylic acids is 1. The van der Waals surface area contributed by atoms with Gasteiger partial charge in [0.1, 0.15) is 23.9 Å². The van der Waals surface area contributed by atoms with E-state index in [-0.39, 0.29) is 24.2 Å². The van der Waals surface area contributed by atoms with E-state index in [1.165, 1.54) is 77.0 Å². The van der Waals surface area contributed by atoms with Crippen LogP contribution in [0.5, 0.6) is 0 Å². The second-order valence-electron chi connectivity index (χ2n) is 15.0. The smallest absolute Gasteiger partial charge is 0.338 e. The van der Waals surface area contributed by atoms with Crippen molar-refractivity contribution in [1.82, 2.24) is 15.0 Å². The van der Waals surface area contributed by atoms with E-state index in [2.05, 4.69) is 17.2 Å². The van der Waals surface area contributed by atoms with Crippen LogP contribution in [0.4, 0.5) is 0 Å². The zero-order valence-corrected chi connectivity index (χ0v) is 32.1. The molecule has 0 saturated carbocycles. The maximum Gasteiger partial charge on any atom is 0.338 e. The SMILES string of the molecule is CCCCCCCCCCCCCCCCOC(=O)c1ccc(-c2cn(C(COCC3COC(C)(C)O3)COCC3COC(C)(C)O3)nn2)cc1. The van der Waals surface area contributed by atoms with Gasteiger partial charge >= 0.3 is 5.97 Å². The number of ether oxygens (including phenoxy) is 7. The van der Waals surface area contributed by atoms with Gasteiger partial charge in [-0.2, -0.15) is 0 Å². The minimum atomic E-state index is -0.605. The number of carbonyl (C=O) groups is 1. The summed E-state index contributed by atoms with van der Waals surface area (Å²) < 4.78 is 42.5. The number of benzene rings is 1. The van der Waals surface area contributed by atoms with Crippen molar-refractivity contribution in [2.24, 2.45) is 0 Å². The molecule has 2 aliphatic rings. The van der Waals surface area contributed by atoms with Crippen molar-refractivity contribution in [3.05, 3.63) is 36.0 Å². The molecule has 1 aromatic carbocycles. The standard InChI is InChI=1S/C40H65N3O8/c1-6-7-8-9-10-11-12-13-14-15-16-17-18-19-24-47-38(44)33-22-20-32(21-23-33)37-25-43(42-41-37)34(26-45-28-35-30-48-39(2,3)50-35)27-46-29-36-31-49-40(4,5)51-36/h20-23,25,34-36H,6-19,24,26-31H2,1-5H3. The van der Waals surface area contributed by atoms with E-state index in [1.54, 1.807) is 16.8 Å². The molecule has 2 fully saturated rings. The molecule has 51 heavy (non-hydrogen) atoms. The zero-order valence-electron chi connectivity index (χ0n) is 32.1. The van der Waals surface area contributed by atoms with Gasteiger partial charge in [-0.3, -0.25) is 0 Å². The van der Waals surface area contributed by atoms with E-state index in [0.29, 0.717) is 57.5 Å². The van der Waals surface area contributed by atoms with Crippen LogP contribution in [0, 0.1) is 0 Å². The molecule has 288 valence electrons. The van der Waals surface area contributed by atoms with Crippen LogP contribution in [0.2, 0.25) is 0 Å². The highest BCUT2D eigenvalue weighted by Gasteiger charge is 2.34. The van der Waals surface area contributed by atoms with Crippen molar-refractivity contribution in [3.63, 3.8) is 0 Å². The van der Waals surface area contributed by atoms with Crippen LogP contribution in [0.1, 0.15) is 141 Å². The molecular formula is C40H65N3O8. The normalized spacial score (nSPS) is 20.2. The number of esters is 1. The molecule has 11 heteroatoms. The highest BCUT2D eigenvalue weighted by Crippen LogP contribution is 2.25. The monoisotopic (exact) mass is 715 g/mol.